The molecule has 4 aromatic rings. The Hall–Kier alpha value is -4.26. The molecule has 192 valence electrons. The van der Waals surface area contributed by atoms with Crippen LogP contribution in [0.4, 0.5) is 18.9 Å². The lowest BCUT2D eigenvalue weighted by Crippen LogP contribution is -2.50. The second-order valence-corrected chi connectivity index (χ2v) is 8.47. The van der Waals surface area contributed by atoms with Crippen LogP contribution in [0.5, 0.6) is 0 Å². The van der Waals surface area contributed by atoms with Gasteiger partial charge < -0.3 is 19.5 Å². The Bertz CT molecular complexity index is 1450. The predicted molar refractivity (Wildman–Crippen MR) is 124 cm³/mol. The Morgan fingerprint density at radius 3 is 2.62 bits per heavy atom. The summed E-state index contributed by atoms with van der Waals surface area (Å²) in [6.45, 7) is 0.885. The number of nitrogens with zero attached hydrogens (tertiary/aromatic N) is 5. The van der Waals surface area contributed by atoms with Crippen LogP contribution in [-0.4, -0.2) is 62.4 Å². The highest BCUT2D eigenvalue weighted by Crippen LogP contribution is 2.29. The molecule has 0 bridgehead atoms. The summed E-state index contributed by atoms with van der Waals surface area (Å²) in [5, 5.41) is 11.2. The zero-order valence-electron chi connectivity index (χ0n) is 19.5. The molecule has 0 aliphatic carbocycles. The van der Waals surface area contributed by atoms with E-state index in [1.807, 2.05) is 24.3 Å². The van der Waals surface area contributed by atoms with Crippen LogP contribution in [0, 0.1) is 0 Å². The van der Waals surface area contributed by atoms with E-state index >= 15 is 0 Å². The van der Waals surface area contributed by atoms with Crippen molar-refractivity contribution in [3.8, 4) is 11.4 Å². The maximum Gasteiger partial charge on any atom is 0.471 e. The number of carbonyl (C=O) groups excluding carboxylic acids is 2. The molecular weight excluding hydrogens is 493 g/mol. The van der Waals surface area contributed by atoms with Crippen LogP contribution >= 0.6 is 0 Å². The average molecular weight is 514 g/mol. The summed E-state index contributed by atoms with van der Waals surface area (Å²) in [4.78, 5) is 31.2. The number of halogens is 3. The third kappa shape index (κ3) is 5.03. The minimum atomic E-state index is -4.74. The van der Waals surface area contributed by atoms with E-state index in [0.717, 1.165) is 5.39 Å². The number of nitrogens with one attached hydrogen (secondary N) is 1. The molecule has 13 heteroatoms. The van der Waals surface area contributed by atoms with Gasteiger partial charge in [0.05, 0.1) is 24.8 Å². The molecule has 0 radical (unpaired) electrons. The third-order valence-electron chi connectivity index (χ3n) is 5.95. The van der Waals surface area contributed by atoms with Gasteiger partial charge >= 0.3 is 12.1 Å². The van der Waals surface area contributed by atoms with Gasteiger partial charge in [-0.05, 0) is 30.3 Å². The first kappa shape index (κ1) is 24.4. The van der Waals surface area contributed by atoms with Crippen LogP contribution in [-0.2, 0) is 22.8 Å². The number of fused-ring (bicyclic) bond motifs is 1. The lowest BCUT2D eigenvalue weighted by Gasteiger charge is -2.35. The largest absolute Gasteiger partial charge is 0.471 e. The number of aromatic nitrogens is 4. The topological polar surface area (TPSA) is 115 Å². The highest BCUT2D eigenvalue weighted by atomic mass is 19.4. The summed E-state index contributed by atoms with van der Waals surface area (Å²) in [6.07, 6.45) is -4.75. The molecule has 1 N–H and O–H groups in total. The molecule has 1 atom stereocenters. The highest BCUT2D eigenvalue weighted by molar-refractivity contribution is 6.05. The lowest BCUT2D eigenvalue weighted by atomic mass is 10.1. The fraction of sp³-hybridized carbons (Fsp3) is 0.292. The molecule has 1 saturated heterocycles. The molecule has 10 nitrogen and oxygen atoms in total. The number of alkyl halides is 3. The second-order valence-electron chi connectivity index (χ2n) is 8.47. The fourth-order valence-electron chi connectivity index (χ4n) is 4.21. The maximum absolute atomic E-state index is 13.5. The first-order valence-corrected chi connectivity index (χ1v) is 11.3. The summed E-state index contributed by atoms with van der Waals surface area (Å²) < 4.78 is 49.4. The van der Waals surface area contributed by atoms with Crippen molar-refractivity contribution in [3.63, 3.8) is 0 Å². The number of morpholine rings is 1. The molecule has 1 aliphatic rings. The van der Waals surface area contributed by atoms with Gasteiger partial charge in [-0.3, -0.25) is 14.3 Å². The smallest absolute Gasteiger partial charge is 0.377 e. The normalized spacial score (nSPS) is 16.2. The number of anilines is 1. The van der Waals surface area contributed by atoms with Gasteiger partial charge in [-0.1, -0.05) is 23.4 Å². The number of hydrogen-bond acceptors (Lipinski definition) is 7. The maximum atomic E-state index is 13.5. The molecule has 0 unspecified atom stereocenters. The van der Waals surface area contributed by atoms with Gasteiger partial charge in [0.2, 0.25) is 11.7 Å². The van der Waals surface area contributed by atoms with Crippen molar-refractivity contribution in [2.75, 3.05) is 25.1 Å². The molecule has 5 rings (SSSR count). The third-order valence-corrected chi connectivity index (χ3v) is 5.95. The zero-order valence-corrected chi connectivity index (χ0v) is 19.5. The SMILES string of the molecule is Cn1nc2ccccc2c1C(=O)N1CCOC[C@@H]1CC(=O)Nc1ccc(-c2noc(C(F)(F)F)n2)cc1. The van der Waals surface area contributed by atoms with Gasteiger partial charge in [0.1, 0.15) is 5.69 Å². The van der Waals surface area contributed by atoms with Crippen LogP contribution in [0.2, 0.25) is 0 Å². The van der Waals surface area contributed by atoms with E-state index in [-0.39, 0.29) is 36.2 Å². The quantitative estimate of drug-likeness (QED) is 0.433. The van der Waals surface area contributed by atoms with Crippen molar-refractivity contribution in [3.05, 3.63) is 60.1 Å². The number of hydrogen-bond donors (Lipinski definition) is 1. The van der Waals surface area contributed by atoms with Crippen molar-refractivity contribution in [2.45, 2.75) is 18.6 Å². The molecule has 1 aliphatic heterocycles. The second kappa shape index (κ2) is 9.65. The zero-order chi connectivity index (χ0) is 26.2. The van der Waals surface area contributed by atoms with Gasteiger partial charge in [-0.15, -0.1) is 0 Å². The summed E-state index contributed by atoms with van der Waals surface area (Å²) in [5.74, 6) is -2.25. The van der Waals surface area contributed by atoms with Crippen LogP contribution in [0.15, 0.2) is 53.1 Å². The van der Waals surface area contributed by atoms with Gasteiger partial charge in [-0.25, -0.2) is 0 Å². The van der Waals surface area contributed by atoms with E-state index in [4.69, 9.17) is 4.74 Å². The standard InChI is InChI=1S/C24H21F3N6O4/c1-32-20(17-4-2-3-5-18(17)30-32)22(35)33-10-11-36-13-16(33)12-19(34)28-15-8-6-14(7-9-15)21-29-23(37-31-21)24(25,26)27/h2-9,16H,10-13H2,1H3,(H,28,34)/t16-/m0/s1. The number of rotatable bonds is 5. The number of benzene rings is 2. The van der Waals surface area contributed by atoms with E-state index in [2.05, 4.69) is 25.1 Å². The monoisotopic (exact) mass is 514 g/mol. The van der Waals surface area contributed by atoms with Crippen molar-refractivity contribution in [1.82, 2.24) is 24.8 Å². The van der Waals surface area contributed by atoms with Crippen molar-refractivity contribution in [2.24, 2.45) is 7.05 Å². The Balaban J connectivity index is 1.26. The molecule has 3 heterocycles. The molecular formula is C24H21F3N6O4. The van der Waals surface area contributed by atoms with Gasteiger partial charge in [-0.2, -0.15) is 23.3 Å². The van der Waals surface area contributed by atoms with Gasteiger partial charge in [0, 0.05) is 36.7 Å². The van der Waals surface area contributed by atoms with E-state index in [1.165, 1.54) is 24.3 Å². The number of aryl methyl sites for hydroxylation is 1. The summed E-state index contributed by atoms with van der Waals surface area (Å²) in [6, 6.07) is 12.8. The van der Waals surface area contributed by atoms with Crippen LogP contribution in [0.1, 0.15) is 22.8 Å². The van der Waals surface area contributed by atoms with E-state index < -0.39 is 18.1 Å². The number of carbonyl (C=O) groups is 2. The molecule has 2 aromatic heterocycles. The molecule has 2 aromatic carbocycles. The van der Waals surface area contributed by atoms with Gasteiger partial charge in [0.25, 0.3) is 5.91 Å². The lowest BCUT2D eigenvalue weighted by molar-refractivity contribution is -0.159. The molecule has 2 amide bonds. The first-order valence-electron chi connectivity index (χ1n) is 11.3. The fourth-order valence-corrected chi connectivity index (χ4v) is 4.21. The minimum Gasteiger partial charge on any atom is -0.377 e. The number of ether oxygens (including phenoxy) is 1. The summed E-state index contributed by atoms with van der Waals surface area (Å²) >= 11 is 0. The summed E-state index contributed by atoms with van der Waals surface area (Å²) in [5.41, 5.74) is 1.85. The Labute approximate surface area is 208 Å². The van der Waals surface area contributed by atoms with Crippen LogP contribution < -0.4 is 5.32 Å². The van der Waals surface area contributed by atoms with Gasteiger partial charge in [0.15, 0.2) is 0 Å². The Morgan fingerprint density at radius 2 is 1.89 bits per heavy atom. The highest BCUT2D eigenvalue weighted by Gasteiger charge is 2.38. The Kier molecular flexibility index (Phi) is 6.38. The predicted octanol–water partition coefficient (Wildman–Crippen LogP) is 3.51. The molecule has 0 spiro atoms. The number of amides is 2. The van der Waals surface area contributed by atoms with Crippen molar-refractivity contribution in [1.29, 1.82) is 0 Å². The first-order chi connectivity index (χ1) is 17.7. The molecule has 37 heavy (non-hydrogen) atoms. The Morgan fingerprint density at radius 1 is 1.14 bits per heavy atom. The van der Waals surface area contributed by atoms with E-state index in [0.29, 0.717) is 30.0 Å². The van der Waals surface area contributed by atoms with E-state index in [1.54, 1.807) is 16.6 Å². The average Bonchev–Trinajstić information content (AvgIpc) is 3.49. The van der Waals surface area contributed by atoms with Crippen molar-refractivity contribution >= 4 is 28.4 Å². The van der Waals surface area contributed by atoms with Crippen molar-refractivity contribution < 1.29 is 32.0 Å². The van der Waals surface area contributed by atoms with E-state index in [9.17, 15) is 22.8 Å². The summed E-state index contributed by atoms with van der Waals surface area (Å²) in [7, 11) is 1.71. The molecule has 1 fully saturated rings. The van der Waals surface area contributed by atoms with Crippen LogP contribution in [0.3, 0.4) is 0 Å². The van der Waals surface area contributed by atoms with Crippen LogP contribution in [0.25, 0.3) is 22.3 Å². The minimum absolute atomic E-state index is 0.0109. The molecule has 0 saturated carbocycles.